The predicted molar refractivity (Wildman–Crippen MR) is 97.3 cm³/mol. The lowest BCUT2D eigenvalue weighted by molar-refractivity contribution is -0.925. The highest BCUT2D eigenvalue weighted by molar-refractivity contribution is 7.09. The van der Waals surface area contributed by atoms with E-state index in [2.05, 4.69) is 11.4 Å². The summed E-state index contributed by atoms with van der Waals surface area (Å²) in [7, 11) is 1.46. The number of nitrogens with zero attached hydrogens (tertiary/aromatic N) is 1. The molecule has 0 spiro atoms. The van der Waals surface area contributed by atoms with E-state index < -0.39 is 4.92 Å². The number of non-ortho nitro benzene ring substituents is 1. The Bertz CT molecular complexity index is 733. The van der Waals surface area contributed by atoms with E-state index in [1.54, 1.807) is 11.3 Å². The average molecular weight is 364 g/mol. The third-order valence-electron chi connectivity index (χ3n) is 4.09. The number of quaternary nitrogens is 1. The topological polar surface area (TPSA) is 85.9 Å². The highest BCUT2D eigenvalue weighted by Crippen LogP contribution is 2.28. The van der Waals surface area contributed by atoms with E-state index in [-0.39, 0.29) is 17.6 Å². The number of benzene rings is 1. The summed E-state index contributed by atoms with van der Waals surface area (Å²) in [4.78, 5) is 25.4. The zero-order valence-corrected chi connectivity index (χ0v) is 15.3. The van der Waals surface area contributed by atoms with Gasteiger partial charge in [-0.05, 0) is 31.4 Å². The second-order valence-corrected chi connectivity index (χ2v) is 6.65. The number of hydrogen-bond donors (Lipinski definition) is 2. The highest BCUT2D eigenvalue weighted by atomic mass is 32.1. The summed E-state index contributed by atoms with van der Waals surface area (Å²) in [5.74, 6) is 0.189. The second-order valence-electron chi connectivity index (χ2n) is 5.62. The van der Waals surface area contributed by atoms with Gasteiger partial charge in [-0.15, -0.1) is 11.3 Å². The number of methoxy groups -OCH3 is 1. The number of ether oxygens (including phenoxy) is 1. The normalized spacial score (nSPS) is 13.1. The minimum absolute atomic E-state index is 0.0953. The first kappa shape index (κ1) is 18.9. The molecule has 1 unspecified atom stereocenters. The SMILES string of the molecule is CC[NH+](Cc1cccs1)[C@H](C)C(=O)Nc1cc([N+](=O)[O-])ccc1OC. The fraction of sp³-hybridized carbons (Fsp3) is 0.353. The van der Waals surface area contributed by atoms with Crippen LogP contribution in [0.1, 0.15) is 18.7 Å². The number of amides is 1. The molecule has 1 aromatic heterocycles. The van der Waals surface area contributed by atoms with E-state index in [1.807, 2.05) is 25.3 Å². The monoisotopic (exact) mass is 364 g/mol. The van der Waals surface area contributed by atoms with Gasteiger partial charge in [0.15, 0.2) is 6.04 Å². The molecule has 1 heterocycles. The molecule has 134 valence electrons. The van der Waals surface area contributed by atoms with Crippen LogP contribution in [0.5, 0.6) is 5.75 Å². The van der Waals surface area contributed by atoms with Gasteiger partial charge >= 0.3 is 0 Å². The molecule has 2 N–H and O–H groups in total. The first-order chi connectivity index (χ1) is 12.0. The van der Waals surface area contributed by atoms with Gasteiger partial charge in [0.2, 0.25) is 0 Å². The maximum Gasteiger partial charge on any atom is 0.282 e. The smallest absolute Gasteiger partial charge is 0.282 e. The number of nitro groups is 1. The molecule has 0 aliphatic rings. The van der Waals surface area contributed by atoms with Gasteiger partial charge < -0.3 is 15.0 Å². The standard InChI is InChI=1S/C17H21N3O4S/c1-4-19(11-14-6-5-9-25-14)12(2)17(21)18-15-10-13(20(22)23)7-8-16(15)24-3/h5-10,12H,4,11H2,1-3H3,(H,18,21)/p+1/t12-/m1/s1. The van der Waals surface area contributed by atoms with Gasteiger partial charge in [0.05, 0.1) is 29.1 Å². The maximum absolute atomic E-state index is 12.6. The quantitative estimate of drug-likeness (QED) is 0.555. The van der Waals surface area contributed by atoms with Crippen molar-refractivity contribution in [2.75, 3.05) is 19.0 Å². The number of carbonyl (C=O) groups is 1. The number of hydrogen-bond acceptors (Lipinski definition) is 5. The van der Waals surface area contributed by atoms with Crippen molar-refractivity contribution < 1.29 is 19.4 Å². The molecular weight excluding hydrogens is 342 g/mol. The number of nitro benzene ring substituents is 1. The summed E-state index contributed by atoms with van der Waals surface area (Å²) in [6.45, 7) is 5.43. The molecule has 0 saturated carbocycles. The molecule has 0 bridgehead atoms. The molecule has 0 aliphatic carbocycles. The molecule has 0 saturated heterocycles. The van der Waals surface area contributed by atoms with Crippen LogP contribution in [0.4, 0.5) is 11.4 Å². The zero-order chi connectivity index (χ0) is 18.4. The summed E-state index contributed by atoms with van der Waals surface area (Å²) >= 11 is 1.66. The van der Waals surface area contributed by atoms with Crippen LogP contribution < -0.4 is 15.0 Å². The summed E-state index contributed by atoms with van der Waals surface area (Å²) in [5.41, 5.74) is 0.210. The highest BCUT2D eigenvalue weighted by Gasteiger charge is 2.25. The van der Waals surface area contributed by atoms with Crippen molar-refractivity contribution in [3.05, 3.63) is 50.7 Å². The summed E-state index contributed by atoms with van der Waals surface area (Å²) in [6, 6.07) is 7.87. The lowest BCUT2D eigenvalue weighted by Crippen LogP contribution is -3.15. The molecule has 2 atom stereocenters. The average Bonchev–Trinajstić information content (AvgIpc) is 3.12. The van der Waals surface area contributed by atoms with Crippen LogP contribution >= 0.6 is 11.3 Å². The van der Waals surface area contributed by atoms with E-state index >= 15 is 0 Å². The number of nitrogens with one attached hydrogen (secondary N) is 2. The Labute approximate surface area is 150 Å². The number of anilines is 1. The molecule has 2 aromatic rings. The second kappa shape index (κ2) is 8.59. The molecule has 0 aliphatic heterocycles. The van der Waals surface area contributed by atoms with Crippen LogP contribution in [0, 0.1) is 10.1 Å². The van der Waals surface area contributed by atoms with Crippen molar-refractivity contribution in [2.45, 2.75) is 26.4 Å². The van der Waals surface area contributed by atoms with Crippen molar-refractivity contribution in [3.8, 4) is 5.75 Å². The summed E-state index contributed by atoms with van der Waals surface area (Å²) < 4.78 is 5.19. The Morgan fingerprint density at radius 2 is 2.20 bits per heavy atom. The molecule has 8 heteroatoms. The molecule has 25 heavy (non-hydrogen) atoms. The Kier molecular flexibility index (Phi) is 6.49. The van der Waals surface area contributed by atoms with E-state index in [9.17, 15) is 14.9 Å². The molecule has 0 radical (unpaired) electrons. The van der Waals surface area contributed by atoms with Crippen molar-refractivity contribution in [1.82, 2.24) is 0 Å². The van der Waals surface area contributed by atoms with Crippen LogP contribution in [0.15, 0.2) is 35.7 Å². The van der Waals surface area contributed by atoms with E-state index in [0.717, 1.165) is 18.0 Å². The summed E-state index contributed by atoms with van der Waals surface area (Å²) in [6.07, 6.45) is 0. The maximum atomic E-state index is 12.6. The minimum Gasteiger partial charge on any atom is -0.495 e. The van der Waals surface area contributed by atoms with Crippen LogP contribution in [0.2, 0.25) is 0 Å². The third kappa shape index (κ3) is 4.77. The number of thiophene rings is 1. The van der Waals surface area contributed by atoms with Gasteiger partial charge in [0.1, 0.15) is 12.3 Å². The van der Waals surface area contributed by atoms with Gasteiger partial charge in [0, 0.05) is 12.1 Å². The fourth-order valence-corrected chi connectivity index (χ4v) is 3.31. The molecule has 1 aromatic carbocycles. The Hall–Kier alpha value is -2.45. The number of likely N-dealkylation sites (N-methyl/N-ethyl adjacent to an activating group) is 1. The van der Waals surface area contributed by atoms with Crippen LogP contribution in [0.25, 0.3) is 0 Å². The van der Waals surface area contributed by atoms with Crippen molar-refractivity contribution in [1.29, 1.82) is 0 Å². The van der Waals surface area contributed by atoms with E-state index in [4.69, 9.17) is 4.74 Å². The van der Waals surface area contributed by atoms with Crippen LogP contribution in [-0.2, 0) is 11.3 Å². The first-order valence-electron chi connectivity index (χ1n) is 7.96. The van der Waals surface area contributed by atoms with E-state index in [0.29, 0.717) is 11.4 Å². The van der Waals surface area contributed by atoms with E-state index in [1.165, 1.54) is 30.2 Å². The van der Waals surface area contributed by atoms with Gasteiger partial charge in [-0.25, -0.2) is 0 Å². The largest absolute Gasteiger partial charge is 0.495 e. The Balaban J connectivity index is 2.14. The lowest BCUT2D eigenvalue weighted by Gasteiger charge is -2.23. The predicted octanol–water partition coefficient (Wildman–Crippen LogP) is 2.10. The number of carbonyl (C=O) groups excluding carboxylic acids is 1. The van der Waals surface area contributed by atoms with Crippen LogP contribution in [-0.4, -0.2) is 30.5 Å². The fourth-order valence-electron chi connectivity index (χ4n) is 2.55. The third-order valence-corrected chi connectivity index (χ3v) is 4.97. The Morgan fingerprint density at radius 1 is 1.44 bits per heavy atom. The molecule has 7 nitrogen and oxygen atoms in total. The molecule has 2 rings (SSSR count). The molecular formula is C17H22N3O4S+. The summed E-state index contributed by atoms with van der Waals surface area (Å²) in [5, 5.41) is 15.7. The zero-order valence-electron chi connectivity index (χ0n) is 14.4. The molecule has 1 amide bonds. The lowest BCUT2D eigenvalue weighted by atomic mass is 10.2. The van der Waals surface area contributed by atoms with Gasteiger partial charge in [-0.3, -0.25) is 14.9 Å². The van der Waals surface area contributed by atoms with Crippen molar-refractivity contribution >= 4 is 28.6 Å². The van der Waals surface area contributed by atoms with Gasteiger partial charge in [-0.1, -0.05) is 6.07 Å². The first-order valence-corrected chi connectivity index (χ1v) is 8.84. The van der Waals surface area contributed by atoms with Gasteiger partial charge in [0.25, 0.3) is 11.6 Å². The van der Waals surface area contributed by atoms with Crippen LogP contribution in [0.3, 0.4) is 0 Å². The molecule has 0 fully saturated rings. The van der Waals surface area contributed by atoms with Gasteiger partial charge in [-0.2, -0.15) is 0 Å². The minimum atomic E-state index is -0.501. The Morgan fingerprint density at radius 3 is 2.76 bits per heavy atom. The van der Waals surface area contributed by atoms with Crippen molar-refractivity contribution in [2.24, 2.45) is 0 Å². The van der Waals surface area contributed by atoms with Crippen molar-refractivity contribution in [3.63, 3.8) is 0 Å². The number of rotatable bonds is 8.